The normalized spacial score (nSPS) is 10.9. The SMILES string of the molecule is CC(C)(C)N(NC(=O)c1ccccc1)C(=O)Cc1ccccc1. The van der Waals surface area contributed by atoms with Gasteiger partial charge in [-0.1, -0.05) is 48.5 Å². The number of benzene rings is 2. The first-order valence-electron chi connectivity index (χ1n) is 7.61. The summed E-state index contributed by atoms with van der Waals surface area (Å²) < 4.78 is 0. The summed E-state index contributed by atoms with van der Waals surface area (Å²) in [6.07, 6.45) is 0.243. The summed E-state index contributed by atoms with van der Waals surface area (Å²) >= 11 is 0. The lowest BCUT2D eigenvalue weighted by molar-refractivity contribution is -0.138. The summed E-state index contributed by atoms with van der Waals surface area (Å²) in [4.78, 5) is 25.0. The van der Waals surface area contributed by atoms with Gasteiger partial charge in [-0.3, -0.25) is 15.0 Å². The van der Waals surface area contributed by atoms with Crippen LogP contribution >= 0.6 is 0 Å². The van der Waals surface area contributed by atoms with Crippen LogP contribution < -0.4 is 5.43 Å². The number of hydrazine groups is 1. The van der Waals surface area contributed by atoms with Gasteiger partial charge in [0.25, 0.3) is 5.91 Å². The van der Waals surface area contributed by atoms with E-state index in [1.807, 2.05) is 57.2 Å². The maximum absolute atomic E-state index is 12.6. The van der Waals surface area contributed by atoms with Crippen LogP contribution in [0.4, 0.5) is 0 Å². The van der Waals surface area contributed by atoms with E-state index < -0.39 is 5.54 Å². The number of amides is 2. The Morgan fingerprint density at radius 2 is 1.43 bits per heavy atom. The van der Waals surface area contributed by atoms with Gasteiger partial charge in [0.15, 0.2) is 0 Å². The number of carbonyl (C=O) groups excluding carboxylic acids is 2. The van der Waals surface area contributed by atoms with Gasteiger partial charge in [-0.25, -0.2) is 5.01 Å². The summed E-state index contributed by atoms with van der Waals surface area (Å²) in [5.74, 6) is -0.435. The monoisotopic (exact) mass is 310 g/mol. The highest BCUT2D eigenvalue weighted by molar-refractivity contribution is 5.95. The molecule has 4 nitrogen and oxygen atoms in total. The van der Waals surface area contributed by atoms with Crippen molar-refractivity contribution in [3.63, 3.8) is 0 Å². The molecule has 0 aliphatic heterocycles. The topological polar surface area (TPSA) is 49.4 Å². The van der Waals surface area contributed by atoms with Crippen molar-refractivity contribution in [3.8, 4) is 0 Å². The lowest BCUT2D eigenvalue weighted by atomic mass is 10.1. The predicted molar refractivity (Wildman–Crippen MR) is 90.7 cm³/mol. The molecule has 120 valence electrons. The van der Waals surface area contributed by atoms with Gasteiger partial charge in [-0.15, -0.1) is 0 Å². The minimum absolute atomic E-state index is 0.145. The lowest BCUT2D eigenvalue weighted by Crippen LogP contribution is -2.56. The molecule has 0 spiro atoms. The third-order valence-corrected chi connectivity index (χ3v) is 3.37. The number of hydrogen-bond donors (Lipinski definition) is 1. The van der Waals surface area contributed by atoms with Crippen molar-refractivity contribution in [2.24, 2.45) is 0 Å². The van der Waals surface area contributed by atoms with Crippen LogP contribution in [0, 0.1) is 0 Å². The highest BCUT2D eigenvalue weighted by Crippen LogP contribution is 2.14. The number of nitrogens with zero attached hydrogens (tertiary/aromatic N) is 1. The summed E-state index contributed by atoms with van der Waals surface area (Å²) in [5, 5.41) is 1.41. The molecule has 2 aromatic carbocycles. The van der Waals surface area contributed by atoms with E-state index in [-0.39, 0.29) is 18.2 Å². The molecule has 4 heteroatoms. The first kappa shape index (κ1) is 16.7. The zero-order valence-corrected chi connectivity index (χ0v) is 13.7. The minimum Gasteiger partial charge on any atom is -0.273 e. The number of nitrogens with one attached hydrogen (secondary N) is 1. The van der Waals surface area contributed by atoms with Gasteiger partial charge in [0.05, 0.1) is 12.0 Å². The smallest absolute Gasteiger partial charge is 0.269 e. The van der Waals surface area contributed by atoms with Gasteiger partial charge in [-0.05, 0) is 38.5 Å². The number of carbonyl (C=O) groups is 2. The molecule has 1 N–H and O–H groups in total. The Morgan fingerprint density at radius 3 is 1.96 bits per heavy atom. The molecule has 0 radical (unpaired) electrons. The van der Waals surface area contributed by atoms with Gasteiger partial charge >= 0.3 is 0 Å². The fraction of sp³-hybridized carbons (Fsp3) is 0.263. The van der Waals surface area contributed by atoms with Crippen LogP contribution in [-0.4, -0.2) is 22.4 Å². The van der Waals surface area contributed by atoms with Crippen molar-refractivity contribution >= 4 is 11.8 Å². The van der Waals surface area contributed by atoms with E-state index in [4.69, 9.17) is 0 Å². The molecule has 23 heavy (non-hydrogen) atoms. The molecule has 0 saturated carbocycles. The van der Waals surface area contributed by atoms with E-state index in [9.17, 15) is 9.59 Å². The van der Waals surface area contributed by atoms with E-state index in [1.165, 1.54) is 5.01 Å². The Balaban J connectivity index is 2.14. The number of rotatable bonds is 3. The molecule has 0 saturated heterocycles. The molecule has 0 bridgehead atoms. The van der Waals surface area contributed by atoms with Gasteiger partial charge in [0.2, 0.25) is 5.91 Å². The first-order chi connectivity index (χ1) is 10.9. The van der Waals surface area contributed by atoms with Crippen molar-refractivity contribution in [2.75, 3.05) is 0 Å². The fourth-order valence-electron chi connectivity index (χ4n) is 2.21. The molecule has 0 aliphatic carbocycles. The molecular weight excluding hydrogens is 288 g/mol. The van der Waals surface area contributed by atoms with E-state index in [0.29, 0.717) is 5.56 Å². The zero-order chi connectivity index (χ0) is 16.9. The highest BCUT2D eigenvalue weighted by Gasteiger charge is 2.28. The third-order valence-electron chi connectivity index (χ3n) is 3.37. The van der Waals surface area contributed by atoms with Crippen LogP contribution in [0.5, 0.6) is 0 Å². The average molecular weight is 310 g/mol. The maximum Gasteiger partial charge on any atom is 0.269 e. The zero-order valence-electron chi connectivity index (χ0n) is 13.7. The largest absolute Gasteiger partial charge is 0.273 e. The van der Waals surface area contributed by atoms with Gasteiger partial charge in [-0.2, -0.15) is 0 Å². The van der Waals surface area contributed by atoms with E-state index in [1.54, 1.807) is 24.3 Å². The molecule has 0 heterocycles. The van der Waals surface area contributed by atoms with Gasteiger partial charge in [0.1, 0.15) is 0 Å². The molecule has 2 aromatic rings. The second kappa shape index (κ2) is 7.09. The van der Waals surface area contributed by atoms with E-state index in [2.05, 4.69) is 5.43 Å². The van der Waals surface area contributed by atoms with Crippen LogP contribution in [0.25, 0.3) is 0 Å². The van der Waals surface area contributed by atoms with Crippen LogP contribution in [0.1, 0.15) is 36.7 Å². The van der Waals surface area contributed by atoms with Crippen molar-refractivity contribution in [1.29, 1.82) is 0 Å². The Hall–Kier alpha value is -2.62. The van der Waals surface area contributed by atoms with Gasteiger partial charge in [0, 0.05) is 5.56 Å². The number of hydrogen-bond acceptors (Lipinski definition) is 2. The van der Waals surface area contributed by atoms with Crippen LogP contribution in [-0.2, 0) is 11.2 Å². The molecule has 0 atom stereocenters. The Labute approximate surface area is 137 Å². The Morgan fingerprint density at radius 1 is 0.913 bits per heavy atom. The summed E-state index contributed by atoms with van der Waals surface area (Å²) in [6.45, 7) is 5.67. The quantitative estimate of drug-likeness (QED) is 0.885. The van der Waals surface area contributed by atoms with E-state index in [0.717, 1.165) is 5.56 Å². The fourth-order valence-corrected chi connectivity index (χ4v) is 2.21. The molecule has 0 aliphatic rings. The second-order valence-corrected chi connectivity index (χ2v) is 6.37. The summed E-state index contributed by atoms with van der Waals surface area (Å²) in [5.41, 5.74) is 3.66. The average Bonchev–Trinajstić information content (AvgIpc) is 2.53. The second-order valence-electron chi connectivity index (χ2n) is 6.37. The standard InChI is InChI=1S/C19H22N2O2/c1-19(2,3)21(17(22)14-15-10-6-4-7-11-15)20-18(23)16-12-8-5-9-13-16/h4-13H,14H2,1-3H3,(H,20,23). The Kier molecular flexibility index (Phi) is 5.16. The van der Waals surface area contributed by atoms with Crippen LogP contribution in [0.3, 0.4) is 0 Å². The summed E-state index contributed by atoms with van der Waals surface area (Å²) in [7, 11) is 0. The van der Waals surface area contributed by atoms with Crippen molar-refractivity contribution < 1.29 is 9.59 Å². The molecule has 0 aromatic heterocycles. The predicted octanol–water partition coefficient (Wildman–Crippen LogP) is 3.20. The molecule has 0 fully saturated rings. The Bertz CT molecular complexity index is 661. The maximum atomic E-state index is 12.6. The molecule has 2 rings (SSSR count). The van der Waals surface area contributed by atoms with Gasteiger partial charge < -0.3 is 0 Å². The van der Waals surface area contributed by atoms with Crippen molar-refractivity contribution in [1.82, 2.24) is 10.4 Å². The molecular formula is C19H22N2O2. The van der Waals surface area contributed by atoms with Crippen molar-refractivity contribution in [3.05, 3.63) is 71.8 Å². The summed E-state index contributed by atoms with van der Waals surface area (Å²) in [6, 6.07) is 18.4. The molecule has 0 unspecified atom stereocenters. The van der Waals surface area contributed by atoms with Crippen LogP contribution in [0.2, 0.25) is 0 Å². The van der Waals surface area contributed by atoms with Crippen LogP contribution in [0.15, 0.2) is 60.7 Å². The van der Waals surface area contributed by atoms with Crippen molar-refractivity contribution in [2.45, 2.75) is 32.7 Å². The lowest BCUT2D eigenvalue weighted by Gasteiger charge is -2.35. The molecule has 2 amide bonds. The minimum atomic E-state index is -0.518. The third kappa shape index (κ3) is 4.68. The highest BCUT2D eigenvalue weighted by atomic mass is 16.2. The first-order valence-corrected chi connectivity index (χ1v) is 7.61. The van der Waals surface area contributed by atoms with E-state index >= 15 is 0 Å².